The van der Waals surface area contributed by atoms with E-state index in [9.17, 15) is 14.7 Å². The summed E-state index contributed by atoms with van der Waals surface area (Å²) in [6.07, 6.45) is 0. The zero-order valence-corrected chi connectivity index (χ0v) is 22.5. The summed E-state index contributed by atoms with van der Waals surface area (Å²) in [5, 5.41) is 11.8. The molecule has 1 amide bonds. The van der Waals surface area contributed by atoms with Crippen molar-refractivity contribution in [2.45, 2.75) is 19.9 Å². The van der Waals surface area contributed by atoms with Crippen LogP contribution >= 0.6 is 11.6 Å². The third-order valence-electron chi connectivity index (χ3n) is 6.53. The molecular weight excluding hydrogens is 522 g/mol. The topological polar surface area (TPSA) is 114 Å². The number of rotatable bonds is 7. The van der Waals surface area contributed by atoms with Crippen LogP contribution in [-0.2, 0) is 9.59 Å². The molecule has 1 fully saturated rings. The molecule has 39 heavy (non-hydrogen) atoms. The number of aryl methyl sites for hydroxylation is 1. The van der Waals surface area contributed by atoms with Crippen LogP contribution in [0, 0.1) is 6.92 Å². The molecular formula is C29H26ClN3O6. The maximum atomic E-state index is 13.5. The van der Waals surface area contributed by atoms with E-state index >= 15 is 0 Å². The van der Waals surface area contributed by atoms with Crippen LogP contribution in [0.3, 0.4) is 0 Å². The lowest BCUT2D eigenvalue weighted by atomic mass is 9.95. The van der Waals surface area contributed by atoms with Gasteiger partial charge in [-0.1, -0.05) is 23.7 Å². The quantitative estimate of drug-likeness (QED) is 0.177. The molecule has 9 nitrogen and oxygen atoms in total. The standard InChI is InChI=1S/C29H26ClN3O6/c1-5-39-22-14-17(7-9-18(22)30)26(34)24-25(16-8-11-21(37-3)23(13-16)38-4)33(28(36)27(24)35)29-31-19-10-6-15(2)12-20(19)32-29/h6-14,25,34H,5H2,1-4H3,(H,31,32)/b26-24+. The second kappa shape index (κ2) is 10.3. The first-order valence-electron chi connectivity index (χ1n) is 12.2. The number of aliphatic hydroxyl groups excluding tert-OH is 1. The first kappa shape index (κ1) is 26.1. The van der Waals surface area contributed by atoms with Crippen molar-refractivity contribution in [3.63, 3.8) is 0 Å². The number of aromatic amines is 1. The molecule has 1 aliphatic rings. The number of aliphatic hydroxyl groups is 1. The molecule has 5 rings (SSSR count). The fourth-order valence-corrected chi connectivity index (χ4v) is 4.86. The van der Waals surface area contributed by atoms with E-state index in [2.05, 4.69) is 9.97 Å². The third kappa shape index (κ3) is 4.55. The zero-order chi connectivity index (χ0) is 27.8. The van der Waals surface area contributed by atoms with Gasteiger partial charge < -0.3 is 24.3 Å². The number of Topliss-reactive ketones (excluding diaryl/α,β-unsaturated/α-hetero) is 1. The molecule has 2 N–H and O–H groups in total. The minimum Gasteiger partial charge on any atom is -0.507 e. The van der Waals surface area contributed by atoms with Crippen molar-refractivity contribution >= 4 is 46.0 Å². The normalized spacial score (nSPS) is 16.6. The summed E-state index contributed by atoms with van der Waals surface area (Å²) in [7, 11) is 3.00. The molecule has 2 heterocycles. The van der Waals surface area contributed by atoms with Crippen molar-refractivity contribution in [3.05, 3.63) is 81.9 Å². The molecule has 1 saturated heterocycles. The predicted octanol–water partition coefficient (Wildman–Crippen LogP) is 5.57. The minimum absolute atomic E-state index is 0.117. The molecule has 1 unspecified atom stereocenters. The van der Waals surface area contributed by atoms with Crippen LogP contribution in [0.25, 0.3) is 16.8 Å². The minimum atomic E-state index is -1.03. The van der Waals surface area contributed by atoms with Gasteiger partial charge in [0.15, 0.2) is 11.5 Å². The van der Waals surface area contributed by atoms with Gasteiger partial charge in [0.1, 0.15) is 11.5 Å². The maximum absolute atomic E-state index is 13.5. The number of methoxy groups -OCH3 is 2. The van der Waals surface area contributed by atoms with E-state index in [1.807, 2.05) is 25.1 Å². The van der Waals surface area contributed by atoms with Crippen molar-refractivity contribution in [1.82, 2.24) is 9.97 Å². The van der Waals surface area contributed by atoms with Gasteiger partial charge in [-0.15, -0.1) is 0 Å². The number of carbonyl (C=O) groups is 2. The van der Waals surface area contributed by atoms with E-state index < -0.39 is 17.7 Å². The van der Waals surface area contributed by atoms with Gasteiger partial charge in [0.2, 0.25) is 5.95 Å². The Bertz CT molecular complexity index is 1640. The number of nitrogens with one attached hydrogen (secondary N) is 1. The molecule has 1 aliphatic heterocycles. The Morgan fingerprint density at radius 2 is 1.79 bits per heavy atom. The van der Waals surface area contributed by atoms with Crippen LogP contribution in [-0.4, -0.2) is 47.6 Å². The van der Waals surface area contributed by atoms with Gasteiger partial charge >= 0.3 is 5.91 Å². The SMILES string of the molecule is CCOc1cc(/C(O)=C2\C(=O)C(=O)N(c3nc4ccc(C)cc4[nH]3)C2c2ccc(OC)c(OC)c2)ccc1Cl. The molecule has 0 radical (unpaired) electrons. The summed E-state index contributed by atoms with van der Waals surface area (Å²) in [5.74, 6) is -0.707. The second-order valence-electron chi connectivity index (χ2n) is 8.94. The Morgan fingerprint density at radius 3 is 2.51 bits per heavy atom. The van der Waals surface area contributed by atoms with E-state index in [0.29, 0.717) is 45.5 Å². The van der Waals surface area contributed by atoms with E-state index in [-0.39, 0.29) is 22.8 Å². The average Bonchev–Trinajstić information content (AvgIpc) is 3.46. The molecule has 0 saturated carbocycles. The summed E-state index contributed by atoms with van der Waals surface area (Å²) < 4.78 is 16.4. The fourth-order valence-electron chi connectivity index (χ4n) is 4.69. The Labute approximate surface area is 229 Å². The lowest BCUT2D eigenvalue weighted by Gasteiger charge is -2.24. The van der Waals surface area contributed by atoms with Crippen molar-refractivity contribution < 1.29 is 28.9 Å². The van der Waals surface area contributed by atoms with Gasteiger partial charge in [0.05, 0.1) is 48.5 Å². The van der Waals surface area contributed by atoms with E-state index in [0.717, 1.165) is 5.56 Å². The number of halogens is 1. The highest BCUT2D eigenvalue weighted by molar-refractivity contribution is 6.51. The van der Waals surface area contributed by atoms with Crippen LogP contribution < -0.4 is 19.1 Å². The van der Waals surface area contributed by atoms with Crippen LogP contribution in [0.15, 0.2) is 60.2 Å². The molecule has 0 aliphatic carbocycles. The summed E-state index contributed by atoms with van der Waals surface area (Å²) in [6, 6.07) is 14.3. The number of benzene rings is 3. The summed E-state index contributed by atoms with van der Waals surface area (Å²) in [4.78, 5) is 36.1. The van der Waals surface area contributed by atoms with Gasteiger partial charge in [0.25, 0.3) is 5.78 Å². The zero-order valence-electron chi connectivity index (χ0n) is 21.7. The number of ketones is 1. The Morgan fingerprint density at radius 1 is 1.03 bits per heavy atom. The number of nitrogens with zero attached hydrogens (tertiary/aromatic N) is 2. The number of hydrogen-bond acceptors (Lipinski definition) is 7. The van der Waals surface area contributed by atoms with Crippen LogP contribution in [0.5, 0.6) is 17.2 Å². The molecule has 1 atom stereocenters. The number of amides is 1. The smallest absolute Gasteiger partial charge is 0.302 e. The first-order valence-corrected chi connectivity index (χ1v) is 12.6. The van der Waals surface area contributed by atoms with Crippen molar-refractivity contribution in [1.29, 1.82) is 0 Å². The first-order chi connectivity index (χ1) is 18.8. The molecule has 3 aromatic carbocycles. The molecule has 0 bridgehead atoms. The van der Waals surface area contributed by atoms with E-state index in [1.165, 1.54) is 25.2 Å². The maximum Gasteiger partial charge on any atom is 0.302 e. The molecule has 4 aromatic rings. The molecule has 200 valence electrons. The molecule has 1 aromatic heterocycles. The lowest BCUT2D eigenvalue weighted by molar-refractivity contribution is -0.132. The molecule has 0 spiro atoms. The van der Waals surface area contributed by atoms with E-state index in [1.54, 1.807) is 37.3 Å². The summed E-state index contributed by atoms with van der Waals surface area (Å²) in [6.45, 7) is 4.10. The Hall–Kier alpha value is -4.50. The Kier molecular flexibility index (Phi) is 6.93. The number of aromatic nitrogens is 2. The van der Waals surface area contributed by atoms with Gasteiger partial charge in [-0.05, 0) is 67.4 Å². The number of anilines is 1. The van der Waals surface area contributed by atoms with Gasteiger partial charge in [-0.3, -0.25) is 14.5 Å². The van der Waals surface area contributed by atoms with Gasteiger partial charge in [-0.2, -0.15) is 0 Å². The van der Waals surface area contributed by atoms with Gasteiger partial charge in [0, 0.05) is 5.56 Å². The number of H-pyrrole nitrogens is 1. The average molecular weight is 548 g/mol. The van der Waals surface area contributed by atoms with Crippen LogP contribution in [0.1, 0.15) is 29.7 Å². The number of carbonyl (C=O) groups excluding carboxylic acids is 2. The molecule has 10 heteroatoms. The van der Waals surface area contributed by atoms with Crippen molar-refractivity contribution in [3.8, 4) is 17.2 Å². The second-order valence-corrected chi connectivity index (χ2v) is 9.35. The largest absolute Gasteiger partial charge is 0.507 e. The number of ether oxygens (including phenoxy) is 3. The monoisotopic (exact) mass is 547 g/mol. The van der Waals surface area contributed by atoms with E-state index in [4.69, 9.17) is 25.8 Å². The highest BCUT2D eigenvalue weighted by Gasteiger charge is 2.48. The number of imidazole rings is 1. The number of hydrogen-bond donors (Lipinski definition) is 2. The third-order valence-corrected chi connectivity index (χ3v) is 6.84. The summed E-state index contributed by atoms with van der Waals surface area (Å²) >= 11 is 6.24. The van der Waals surface area contributed by atoms with Crippen molar-refractivity contribution in [2.24, 2.45) is 0 Å². The Balaban J connectivity index is 1.74. The highest BCUT2D eigenvalue weighted by atomic mass is 35.5. The summed E-state index contributed by atoms with van der Waals surface area (Å²) in [5.41, 5.74) is 2.99. The predicted molar refractivity (Wildman–Crippen MR) is 148 cm³/mol. The van der Waals surface area contributed by atoms with Crippen LogP contribution in [0.2, 0.25) is 5.02 Å². The van der Waals surface area contributed by atoms with Crippen LogP contribution in [0.4, 0.5) is 5.95 Å². The highest BCUT2D eigenvalue weighted by Crippen LogP contribution is 2.44. The number of fused-ring (bicyclic) bond motifs is 1. The van der Waals surface area contributed by atoms with Gasteiger partial charge in [-0.25, -0.2) is 4.98 Å². The van der Waals surface area contributed by atoms with Crippen molar-refractivity contribution in [2.75, 3.05) is 25.7 Å². The lowest BCUT2D eigenvalue weighted by Crippen LogP contribution is -2.30. The fraction of sp³-hybridized carbons (Fsp3) is 0.207.